The summed E-state index contributed by atoms with van der Waals surface area (Å²) < 4.78 is 41.2. The van der Waals surface area contributed by atoms with E-state index < -0.39 is 17.6 Å². The molecule has 0 N–H and O–H groups in total. The van der Waals surface area contributed by atoms with Crippen molar-refractivity contribution in [2.75, 3.05) is 26.0 Å². The van der Waals surface area contributed by atoms with Crippen molar-refractivity contribution in [2.45, 2.75) is 52.5 Å². The molecule has 4 unspecified atom stereocenters. The molecule has 164 valence electrons. The summed E-state index contributed by atoms with van der Waals surface area (Å²) in [6.07, 6.45) is 2.58. The monoisotopic (exact) mass is 427 g/mol. The lowest BCUT2D eigenvalue weighted by atomic mass is 9.90. The Morgan fingerprint density at radius 3 is 2.41 bits per heavy atom. The Kier molecular flexibility index (Phi) is 13.0. The molecule has 1 nitrogen and oxygen atoms in total. The zero-order valence-corrected chi connectivity index (χ0v) is 19.6. The highest BCUT2D eigenvalue weighted by molar-refractivity contribution is 8.00. The summed E-state index contributed by atoms with van der Waals surface area (Å²) in [6.45, 7) is 16.2. The van der Waals surface area contributed by atoms with Crippen molar-refractivity contribution < 1.29 is 13.2 Å². The van der Waals surface area contributed by atoms with Gasteiger partial charge < -0.3 is 4.90 Å². The van der Waals surface area contributed by atoms with Crippen LogP contribution in [0.15, 0.2) is 42.1 Å². The summed E-state index contributed by atoms with van der Waals surface area (Å²) in [7, 11) is 1.89. The summed E-state index contributed by atoms with van der Waals surface area (Å²) in [5.41, 5.74) is 4.76. The molecule has 0 aromatic rings. The van der Waals surface area contributed by atoms with Crippen molar-refractivity contribution in [3.8, 4) is 11.8 Å². The summed E-state index contributed by atoms with van der Waals surface area (Å²) in [6, 6.07) is 0. The van der Waals surface area contributed by atoms with Crippen LogP contribution in [0, 0.1) is 29.6 Å². The van der Waals surface area contributed by atoms with Gasteiger partial charge in [0.05, 0.1) is 12.4 Å². The molecule has 0 amide bonds. The first-order chi connectivity index (χ1) is 13.5. The molecule has 29 heavy (non-hydrogen) atoms. The normalized spacial score (nSPS) is 16.5. The quantitative estimate of drug-likeness (QED) is 0.186. The molecule has 0 heterocycles. The molecule has 0 saturated carbocycles. The molecule has 4 atom stereocenters. The van der Waals surface area contributed by atoms with Crippen molar-refractivity contribution in [2.24, 2.45) is 17.8 Å². The summed E-state index contributed by atoms with van der Waals surface area (Å²) in [5.74, 6) is 5.02. The average molecular weight is 428 g/mol. The van der Waals surface area contributed by atoms with Crippen LogP contribution in [-0.2, 0) is 0 Å². The standard InChI is InChI=1S/C24H36F3NS/c1-9-22(15-14-19(4)18(3)12-11-13-21(6)26)28(8)17-20(5)23(16-25)24(7,27)29-10-2/h13,18,20,23H,1,4,10,14-17H2,2-3,5-8H3/b21-13+. The summed E-state index contributed by atoms with van der Waals surface area (Å²) >= 11 is 1.15. The minimum atomic E-state index is -1.60. The van der Waals surface area contributed by atoms with E-state index in [9.17, 15) is 13.2 Å². The van der Waals surface area contributed by atoms with Crippen LogP contribution in [0.2, 0.25) is 0 Å². The summed E-state index contributed by atoms with van der Waals surface area (Å²) in [4.78, 5) is 1.96. The molecular weight excluding hydrogens is 391 g/mol. The number of thioether (sulfide) groups is 1. The SMILES string of the molecule is C=C=C(CCC(=C)C(C)C#C/C=C(\C)F)N(C)CC(C)C(CF)C(C)(F)SCC. The molecule has 0 aliphatic heterocycles. The van der Waals surface area contributed by atoms with Crippen LogP contribution in [-0.4, -0.2) is 35.9 Å². The van der Waals surface area contributed by atoms with Gasteiger partial charge in [0.2, 0.25) is 0 Å². The highest BCUT2D eigenvalue weighted by atomic mass is 32.2. The zero-order valence-electron chi connectivity index (χ0n) is 18.7. The fraction of sp³-hybridized carbons (Fsp3) is 0.625. The van der Waals surface area contributed by atoms with Gasteiger partial charge in [-0.15, -0.1) is 17.5 Å². The van der Waals surface area contributed by atoms with Crippen LogP contribution in [0.1, 0.15) is 47.5 Å². The van der Waals surface area contributed by atoms with E-state index >= 15 is 0 Å². The molecule has 0 radical (unpaired) electrons. The van der Waals surface area contributed by atoms with Crippen molar-refractivity contribution >= 4 is 11.8 Å². The minimum absolute atomic E-state index is 0.0601. The first kappa shape index (κ1) is 27.5. The Labute approximate surface area is 180 Å². The summed E-state index contributed by atoms with van der Waals surface area (Å²) in [5, 5.41) is -1.60. The predicted molar refractivity (Wildman–Crippen MR) is 122 cm³/mol. The van der Waals surface area contributed by atoms with Gasteiger partial charge in [-0.25, -0.2) is 8.78 Å². The second kappa shape index (κ2) is 13.7. The van der Waals surface area contributed by atoms with E-state index in [0.29, 0.717) is 25.1 Å². The largest absolute Gasteiger partial charge is 0.371 e. The topological polar surface area (TPSA) is 3.24 Å². The number of nitrogens with zero attached hydrogens (tertiary/aromatic N) is 1. The molecule has 0 fully saturated rings. The average Bonchev–Trinajstić information content (AvgIpc) is 2.61. The first-order valence-electron chi connectivity index (χ1n) is 9.99. The maximum Gasteiger partial charge on any atom is 0.159 e. The minimum Gasteiger partial charge on any atom is -0.371 e. The molecule has 0 spiro atoms. The second-order valence-corrected chi connectivity index (χ2v) is 9.22. The van der Waals surface area contributed by atoms with Crippen LogP contribution < -0.4 is 0 Å². The Morgan fingerprint density at radius 2 is 1.93 bits per heavy atom. The van der Waals surface area contributed by atoms with Gasteiger partial charge in [-0.3, -0.25) is 4.39 Å². The van der Waals surface area contributed by atoms with Crippen molar-refractivity contribution in [1.82, 2.24) is 4.90 Å². The van der Waals surface area contributed by atoms with E-state index in [1.165, 1.54) is 19.9 Å². The van der Waals surface area contributed by atoms with Crippen LogP contribution in [0.3, 0.4) is 0 Å². The lowest BCUT2D eigenvalue weighted by Gasteiger charge is -2.35. The fourth-order valence-electron chi connectivity index (χ4n) is 3.13. The highest BCUT2D eigenvalue weighted by Gasteiger charge is 2.38. The Morgan fingerprint density at radius 1 is 1.31 bits per heavy atom. The third kappa shape index (κ3) is 10.2. The van der Waals surface area contributed by atoms with Gasteiger partial charge in [-0.2, -0.15) is 0 Å². The van der Waals surface area contributed by atoms with E-state index in [1.54, 1.807) is 0 Å². The van der Waals surface area contributed by atoms with Crippen molar-refractivity contribution in [3.05, 3.63) is 42.1 Å². The Bertz CT molecular complexity index is 661. The molecule has 5 heteroatoms. The number of hydrogen-bond acceptors (Lipinski definition) is 2. The van der Waals surface area contributed by atoms with Crippen LogP contribution >= 0.6 is 11.8 Å². The lowest BCUT2D eigenvalue weighted by Crippen LogP contribution is -2.38. The molecule has 0 aromatic heterocycles. The zero-order chi connectivity index (χ0) is 22.6. The van der Waals surface area contributed by atoms with Crippen molar-refractivity contribution in [1.29, 1.82) is 0 Å². The molecule has 0 aliphatic carbocycles. The van der Waals surface area contributed by atoms with E-state index in [1.807, 2.05) is 32.7 Å². The second-order valence-electron chi connectivity index (χ2n) is 7.56. The van der Waals surface area contributed by atoms with E-state index in [2.05, 4.69) is 30.7 Å². The van der Waals surface area contributed by atoms with Gasteiger partial charge in [-0.05, 0) is 45.3 Å². The predicted octanol–water partition coefficient (Wildman–Crippen LogP) is 7.10. The van der Waals surface area contributed by atoms with Crippen LogP contribution in [0.4, 0.5) is 13.2 Å². The molecule has 0 aromatic carbocycles. The van der Waals surface area contributed by atoms with Gasteiger partial charge in [0.25, 0.3) is 0 Å². The third-order valence-corrected chi connectivity index (χ3v) is 6.19. The maximum absolute atomic E-state index is 14.9. The van der Waals surface area contributed by atoms with E-state index in [4.69, 9.17) is 0 Å². The highest BCUT2D eigenvalue weighted by Crippen LogP contribution is 2.39. The van der Waals surface area contributed by atoms with Gasteiger partial charge in [0.15, 0.2) is 5.00 Å². The number of halogens is 3. The molecular formula is C24H36F3NS. The Hall–Kier alpha value is -1.50. The number of hydrogen-bond donors (Lipinski definition) is 0. The van der Waals surface area contributed by atoms with Crippen molar-refractivity contribution in [3.63, 3.8) is 0 Å². The van der Waals surface area contributed by atoms with E-state index in [0.717, 1.165) is 23.0 Å². The van der Waals surface area contributed by atoms with Gasteiger partial charge in [0, 0.05) is 31.5 Å². The number of allylic oxidation sites excluding steroid dienone is 4. The Balaban J connectivity index is 4.91. The molecule has 0 saturated heterocycles. The van der Waals surface area contributed by atoms with Crippen LogP contribution in [0.5, 0.6) is 0 Å². The number of alkyl halides is 2. The van der Waals surface area contributed by atoms with E-state index in [-0.39, 0.29) is 17.7 Å². The third-order valence-electron chi connectivity index (χ3n) is 5.03. The van der Waals surface area contributed by atoms with Crippen LogP contribution in [0.25, 0.3) is 0 Å². The fourth-order valence-corrected chi connectivity index (χ4v) is 4.21. The molecule has 0 rings (SSSR count). The number of rotatable bonds is 12. The first-order valence-corrected chi connectivity index (χ1v) is 11.0. The van der Waals surface area contributed by atoms with Gasteiger partial charge >= 0.3 is 0 Å². The van der Waals surface area contributed by atoms with Gasteiger partial charge in [-0.1, -0.05) is 44.4 Å². The van der Waals surface area contributed by atoms with Gasteiger partial charge in [0.1, 0.15) is 5.83 Å². The molecule has 0 aliphatic rings. The maximum atomic E-state index is 14.9. The lowest BCUT2D eigenvalue weighted by molar-refractivity contribution is 0.110. The molecule has 0 bridgehead atoms. The smallest absolute Gasteiger partial charge is 0.159 e.